The van der Waals surface area contributed by atoms with Crippen molar-refractivity contribution in [2.45, 2.75) is 0 Å². The lowest BCUT2D eigenvalue weighted by Gasteiger charge is -2.19. The molecule has 250 valence electrons. The van der Waals surface area contributed by atoms with Crippen molar-refractivity contribution >= 4 is 76.1 Å². The maximum absolute atomic E-state index is 6.40. The number of nitrogens with zero attached hydrogens (tertiary/aromatic N) is 1. The summed E-state index contributed by atoms with van der Waals surface area (Å²) >= 11 is 0. The summed E-state index contributed by atoms with van der Waals surface area (Å²) in [6.45, 7) is 0. The van der Waals surface area contributed by atoms with Gasteiger partial charge in [-0.1, -0.05) is 146 Å². The average Bonchev–Trinajstić information content (AvgIpc) is 3.77. The fourth-order valence-corrected chi connectivity index (χ4v) is 9.14. The summed E-state index contributed by atoms with van der Waals surface area (Å²) in [7, 11) is 0. The third-order valence-electron chi connectivity index (χ3n) is 11.5. The van der Waals surface area contributed by atoms with Gasteiger partial charge >= 0.3 is 0 Å². The molecule has 0 saturated carbocycles. The molecular weight excluding hydrogens is 655 g/mol. The topological polar surface area (TPSA) is 18.1 Å². The highest BCUT2D eigenvalue weighted by atomic mass is 16.3. The van der Waals surface area contributed by atoms with Gasteiger partial charge in [-0.05, 0) is 102 Å². The molecule has 0 N–H and O–H groups in total. The molecular formula is C52H31NO. The standard InChI is InChI=1S/C52H31NO/c1-3-12-32(13-4-1)43-29-44(33-14-5-2-6-15-33)42-27-26-40-37(24-22-34-23-25-41(43)52(42)51(34)40)35-16-11-17-36(28-35)53-47-20-9-7-18-38(47)45-30-46-39-19-8-10-21-49(39)54-50(46)31-48(45)53/h1-31H. The van der Waals surface area contributed by atoms with Gasteiger partial charge in [-0.25, -0.2) is 0 Å². The van der Waals surface area contributed by atoms with E-state index in [1.54, 1.807) is 0 Å². The van der Waals surface area contributed by atoms with Crippen molar-refractivity contribution < 1.29 is 4.42 Å². The number of para-hydroxylation sites is 2. The molecule has 2 heteroatoms. The number of hydrogen-bond acceptors (Lipinski definition) is 1. The van der Waals surface area contributed by atoms with Crippen LogP contribution in [0.25, 0.3) is 115 Å². The lowest BCUT2D eigenvalue weighted by Crippen LogP contribution is -1.95. The normalized spacial score (nSPS) is 12.1. The van der Waals surface area contributed by atoms with E-state index < -0.39 is 0 Å². The third kappa shape index (κ3) is 4.17. The highest BCUT2D eigenvalue weighted by Gasteiger charge is 2.20. The van der Waals surface area contributed by atoms with E-state index in [-0.39, 0.29) is 0 Å². The summed E-state index contributed by atoms with van der Waals surface area (Å²) in [4.78, 5) is 0. The van der Waals surface area contributed by atoms with Crippen LogP contribution in [0.2, 0.25) is 0 Å². The minimum atomic E-state index is 0.903. The van der Waals surface area contributed by atoms with Gasteiger partial charge in [0.15, 0.2) is 0 Å². The van der Waals surface area contributed by atoms with Crippen LogP contribution in [0.1, 0.15) is 0 Å². The summed E-state index contributed by atoms with van der Waals surface area (Å²) in [5, 5.41) is 12.5. The van der Waals surface area contributed by atoms with Crippen molar-refractivity contribution in [2.75, 3.05) is 0 Å². The maximum atomic E-state index is 6.40. The first-order valence-electron chi connectivity index (χ1n) is 18.6. The second kappa shape index (κ2) is 11.2. The van der Waals surface area contributed by atoms with E-state index in [2.05, 4.69) is 187 Å². The van der Waals surface area contributed by atoms with Crippen molar-refractivity contribution in [1.82, 2.24) is 4.57 Å². The fourth-order valence-electron chi connectivity index (χ4n) is 9.14. The predicted molar refractivity (Wildman–Crippen MR) is 228 cm³/mol. The first-order valence-corrected chi connectivity index (χ1v) is 18.6. The van der Waals surface area contributed by atoms with E-state index in [1.807, 2.05) is 6.07 Å². The van der Waals surface area contributed by atoms with Crippen LogP contribution in [0.3, 0.4) is 0 Å². The number of hydrogen-bond donors (Lipinski definition) is 0. The summed E-state index contributed by atoms with van der Waals surface area (Å²) in [6, 6.07) is 68.6. The Morgan fingerprint density at radius 1 is 0.315 bits per heavy atom. The molecule has 12 aromatic rings. The Labute approximate surface area is 311 Å². The molecule has 10 aromatic carbocycles. The molecule has 0 radical (unpaired) electrons. The molecule has 0 aliphatic heterocycles. The van der Waals surface area contributed by atoms with Crippen molar-refractivity contribution in [1.29, 1.82) is 0 Å². The number of fused-ring (bicyclic) bond motifs is 6. The molecule has 0 amide bonds. The van der Waals surface area contributed by atoms with E-state index in [4.69, 9.17) is 4.42 Å². The van der Waals surface area contributed by atoms with Crippen LogP contribution in [-0.2, 0) is 0 Å². The van der Waals surface area contributed by atoms with Gasteiger partial charge in [-0.2, -0.15) is 0 Å². The van der Waals surface area contributed by atoms with Crippen LogP contribution in [0.15, 0.2) is 192 Å². The van der Waals surface area contributed by atoms with Gasteiger partial charge in [0.2, 0.25) is 0 Å². The Morgan fingerprint density at radius 2 is 0.944 bits per heavy atom. The van der Waals surface area contributed by atoms with Crippen molar-refractivity contribution in [3.63, 3.8) is 0 Å². The quantitative estimate of drug-likeness (QED) is 0.169. The zero-order chi connectivity index (χ0) is 35.3. The molecule has 2 aromatic heterocycles. The molecule has 2 heterocycles. The monoisotopic (exact) mass is 685 g/mol. The van der Waals surface area contributed by atoms with E-state index >= 15 is 0 Å². The lowest BCUT2D eigenvalue weighted by molar-refractivity contribution is 0.669. The van der Waals surface area contributed by atoms with Crippen LogP contribution in [0.5, 0.6) is 0 Å². The first kappa shape index (κ1) is 29.4. The van der Waals surface area contributed by atoms with E-state index in [9.17, 15) is 0 Å². The summed E-state index contributed by atoms with van der Waals surface area (Å²) in [5.41, 5.74) is 12.6. The summed E-state index contributed by atoms with van der Waals surface area (Å²) < 4.78 is 8.80. The van der Waals surface area contributed by atoms with Gasteiger partial charge in [-0.3, -0.25) is 0 Å². The van der Waals surface area contributed by atoms with Gasteiger partial charge in [0.05, 0.1) is 11.0 Å². The molecule has 0 aliphatic rings. The number of benzene rings is 10. The highest BCUT2D eigenvalue weighted by molar-refractivity contribution is 6.30. The maximum Gasteiger partial charge on any atom is 0.137 e. The molecule has 0 unspecified atom stereocenters. The van der Waals surface area contributed by atoms with Crippen LogP contribution in [0, 0.1) is 0 Å². The zero-order valence-electron chi connectivity index (χ0n) is 29.3. The molecule has 0 spiro atoms. The Bertz CT molecular complexity index is 3360. The Morgan fingerprint density at radius 3 is 1.72 bits per heavy atom. The number of aromatic nitrogens is 1. The first-order chi connectivity index (χ1) is 26.8. The number of furan rings is 1. The minimum absolute atomic E-state index is 0.903. The Kier molecular flexibility index (Phi) is 6.09. The van der Waals surface area contributed by atoms with Crippen molar-refractivity contribution in [3.8, 4) is 39.1 Å². The second-order valence-corrected chi connectivity index (χ2v) is 14.4. The van der Waals surface area contributed by atoms with Gasteiger partial charge in [0.1, 0.15) is 11.2 Å². The van der Waals surface area contributed by atoms with Crippen LogP contribution in [-0.4, -0.2) is 4.57 Å². The number of rotatable bonds is 4. The van der Waals surface area contributed by atoms with Crippen LogP contribution >= 0.6 is 0 Å². The summed E-state index contributed by atoms with van der Waals surface area (Å²) in [6.07, 6.45) is 0. The van der Waals surface area contributed by atoms with Gasteiger partial charge in [0.25, 0.3) is 0 Å². The van der Waals surface area contributed by atoms with Crippen LogP contribution < -0.4 is 0 Å². The van der Waals surface area contributed by atoms with Crippen molar-refractivity contribution in [2.24, 2.45) is 0 Å². The molecule has 2 nitrogen and oxygen atoms in total. The highest BCUT2D eigenvalue weighted by Crippen LogP contribution is 2.46. The lowest BCUT2D eigenvalue weighted by atomic mass is 9.84. The molecule has 0 saturated heterocycles. The Hall–Kier alpha value is -7.16. The minimum Gasteiger partial charge on any atom is -0.456 e. The molecule has 0 bridgehead atoms. The molecule has 0 aliphatic carbocycles. The Balaban J connectivity index is 1.11. The van der Waals surface area contributed by atoms with E-state index in [1.165, 1.54) is 82.0 Å². The fraction of sp³-hybridized carbons (Fsp3) is 0. The van der Waals surface area contributed by atoms with Crippen LogP contribution in [0.4, 0.5) is 0 Å². The zero-order valence-corrected chi connectivity index (χ0v) is 29.3. The summed E-state index contributed by atoms with van der Waals surface area (Å²) in [5.74, 6) is 0. The van der Waals surface area contributed by atoms with Gasteiger partial charge in [0, 0.05) is 33.3 Å². The third-order valence-corrected chi connectivity index (χ3v) is 11.5. The largest absolute Gasteiger partial charge is 0.456 e. The van der Waals surface area contributed by atoms with E-state index in [0.29, 0.717) is 0 Å². The average molecular weight is 686 g/mol. The molecule has 12 rings (SSSR count). The van der Waals surface area contributed by atoms with Crippen molar-refractivity contribution in [3.05, 3.63) is 188 Å². The van der Waals surface area contributed by atoms with E-state index in [0.717, 1.165) is 33.1 Å². The van der Waals surface area contributed by atoms with Gasteiger partial charge in [-0.15, -0.1) is 0 Å². The smallest absolute Gasteiger partial charge is 0.137 e. The van der Waals surface area contributed by atoms with Gasteiger partial charge < -0.3 is 8.98 Å². The SMILES string of the molecule is c1ccc(-c2cc(-c3ccccc3)c3ccc4c(-c5cccc(-n6c7ccccc7c7cc8c(cc76)oc6ccccc68)c5)ccc5ccc2c3c54)cc1. The second-order valence-electron chi connectivity index (χ2n) is 14.4. The molecule has 0 fully saturated rings. The molecule has 54 heavy (non-hydrogen) atoms. The molecule has 0 atom stereocenters. The predicted octanol–water partition coefficient (Wildman–Crippen LogP) is 14.6.